The highest BCUT2D eigenvalue weighted by Crippen LogP contribution is 2.43. The van der Waals surface area contributed by atoms with Crippen molar-refractivity contribution in [3.63, 3.8) is 0 Å². The molecule has 5 heteroatoms. The highest BCUT2D eigenvalue weighted by atomic mass is 16.3. The average molecular weight is 601 g/mol. The molecular weight excluding hydrogens is 576 g/mol. The first kappa shape index (κ1) is 26.7. The van der Waals surface area contributed by atoms with Crippen LogP contribution in [0, 0.1) is 11.3 Å². The summed E-state index contributed by atoms with van der Waals surface area (Å²) >= 11 is 0. The van der Waals surface area contributed by atoms with E-state index in [1.165, 1.54) is 0 Å². The number of nitriles is 1. The second-order valence-electron chi connectivity index (χ2n) is 11.6. The normalized spacial score (nSPS) is 11.4. The molecule has 0 radical (unpaired) electrons. The van der Waals surface area contributed by atoms with Gasteiger partial charge in [0.2, 0.25) is 0 Å². The third-order valence-corrected chi connectivity index (χ3v) is 8.74. The van der Waals surface area contributed by atoms with Gasteiger partial charge in [0.1, 0.15) is 11.2 Å². The van der Waals surface area contributed by atoms with Crippen molar-refractivity contribution in [1.82, 2.24) is 15.0 Å². The number of fused-ring (bicyclic) bond motifs is 8. The van der Waals surface area contributed by atoms with E-state index in [4.69, 9.17) is 19.4 Å². The zero-order valence-corrected chi connectivity index (χ0v) is 25.1. The van der Waals surface area contributed by atoms with Gasteiger partial charge in [-0.25, -0.2) is 15.0 Å². The topological polar surface area (TPSA) is 75.6 Å². The lowest BCUT2D eigenvalue weighted by Crippen LogP contribution is -2.00. The summed E-state index contributed by atoms with van der Waals surface area (Å²) in [7, 11) is 0. The summed E-state index contributed by atoms with van der Waals surface area (Å²) in [5.41, 5.74) is 7.18. The molecule has 47 heavy (non-hydrogen) atoms. The first-order valence-corrected chi connectivity index (χ1v) is 15.4. The van der Waals surface area contributed by atoms with Crippen molar-refractivity contribution in [2.24, 2.45) is 0 Å². The van der Waals surface area contributed by atoms with Crippen molar-refractivity contribution >= 4 is 43.5 Å². The Morgan fingerprint density at radius 1 is 0.426 bits per heavy atom. The maximum Gasteiger partial charge on any atom is 0.164 e. The monoisotopic (exact) mass is 600 g/mol. The van der Waals surface area contributed by atoms with Gasteiger partial charge < -0.3 is 4.42 Å². The maximum absolute atomic E-state index is 9.29. The van der Waals surface area contributed by atoms with Gasteiger partial charge in [0, 0.05) is 32.8 Å². The molecule has 0 aliphatic heterocycles. The largest absolute Gasteiger partial charge is 0.455 e. The molecule has 0 atom stereocenters. The van der Waals surface area contributed by atoms with Gasteiger partial charge in [0.15, 0.2) is 17.5 Å². The molecule has 5 nitrogen and oxygen atoms in total. The van der Waals surface area contributed by atoms with E-state index in [1.54, 1.807) is 0 Å². The Bertz CT molecular complexity index is 2610. The summed E-state index contributed by atoms with van der Waals surface area (Å²) in [5.74, 6) is 1.84. The first-order valence-electron chi connectivity index (χ1n) is 15.4. The van der Waals surface area contributed by atoms with Gasteiger partial charge in [-0.1, -0.05) is 115 Å². The smallest absolute Gasteiger partial charge is 0.164 e. The molecule has 218 valence electrons. The van der Waals surface area contributed by atoms with Crippen LogP contribution in [-0.4, -0.2) is 15.0 Å². The number of para-hydroxylation sites is 1. The van der Waals surface area contributed by atoms with Gasteiger partial charge in [0.05, 0.1) is 11.6 Å². The maximum atomic E-state index is 9.29. The summed E-state index contributed by atoms with van der Waals surface area (Å²) in [6, 6.07) is 51.1. The highest BCUT2D eigenvalue weighted by molar-refractivity contribution is 6.30. The number of hydrogen-bond donors (Lipinski definition) is 0. The van der Waals surface area contributed by atoms with E-state index in [2.05, 4.69) is 54.6 Å². The summed E-state index contributed by atoms with van der Waals surface area (Å²) < 4.78 is 6.64. The van der Waals surface area contributed by atoms with Crippen molar-refractivity contribution in [2.45, 2.75) is 0 Å². The average Bonchev–Trinajstić information content (AvgIpc) is 3.55. The molecular formula is C42H24N4O. The highest BCUT2D eigenvalue weighted by Gasteiger charge is 2.19. The molecule has 0 N–H and O–H groups in total. The molecule has 0 saturated heterocycles. The predicted octanol–water partition coefficient (Wildman–Crippen LogP) is 10.6. The van der Waals surface area contributed by atoms with E-state index >= 15 is 0 Å². The lowest BCUT2D eigenvalue weighted by Gasteiger charge is -2.12. The van der Waals surface area contributed by atoms with E-state index in [1.807, 2.05) is 97.1 Å². The van der Waals surface area contributed by atoms with E-state index in [-0.39, 0.29) is 0 Å². The molecule has 2 aromatic heterocycles. The minimum atomic E-state index is 0.597. The number of nitrogens with zero attached hydrogens (tertiary/aromatic N) is 4. The van der Waals surface area contributed by atoms with Crippen LogP contribution in [0.4, 0.5) is 0 Å². The molecule has 2 heterocycles. The van der Waals surface area contributed by atoms with Crippen LogP contribution >= 0.6 is 0 Å². The van der Waals surface area contributed by atoms with Gasteiger partial charge in [0.25, 0.3) is 0 Å². The minimum absolute atomic E-state index is 0.597. The summed E-state index contributed by atoms with van der Waals surface area (Å²) in [4.78, 5) is 14.8. The summed E-state index contributed by atoms with van der Waals surface area (Å²) in [5, 5.41) is 15.8. The zero-order chi connectivity index (χ0) is 31.3. The van der Waals surface area contributed by atoms with Crippen molar-refractivity contribution in [1.29, 1.82) is 5.26 Å². The Kier molecular flexibility index (Phi) is 6.12. The Hall–Kier alpha value is -6.64. The molecule has 0 amide bonds. The first-order chi connectivity index (χ1) is 23.2. The van der Waals surface area contributed by atoms with Crippen LogP contribution in [0.3, 0.4) is 0 Å². The standard InChI is InChI=1S/C42H24N4O/c43-25-26-15-17-27(18-16-26)30-19-21-32-33-22-20-31(24-36(33)39-38(35(32)23-30)34-13-7-8-14-37(34)47-39)42-45-40(28-9-3-1-4-10-28)44-41(46-42)29-11-5-2-6-12-29/h1-24H. The number of hydrogen-bond acceptors (Lipinski definition) is 5. The van der Waals surface area contributed by atoms with Gasteiger partial charge in [-0.3, -0.25) is 0 Å². The SMILES string of the molecule is N#Cc1ccc(-c2ccc3c4ccc(-c5nc(-c6ccccc6)nc(-c6ccccc6)n5)cc4c4oc5ccccc5c4c3c2)cc1. The lowest BCUT2D eigenvalue weighted by molar-refractivity contribution is 0.673. The van der Waals surface area contributed by atoms with Gasteiger partial charge in [-0.2, -0.15) is 5.26 Å². The third-order valence-electron chi connectivity index (χ3n) is 8.74. The Morgan fingerprint density at radius 3 is 1.62 bits per heavy atom. The van der Waals surface area contributed by atoms with E-state index in [0.717, 1.165) is 71.3 Å². The molecule has 0 bridgehead atoms. The quantitative estimate of drug-likeness (QED) is 0.188. The van der Waals surface area contributed by atoms with Crippen molar-refractivity contribution in [2.75, 3.05) is 0 Å². The van der Waals surface area contributed by atoms with Crippen LogP contribution in [0.25, 0.3) is 88.8 Å². The van der Waals surface area contributed by atoms with Gasteiger partial charge >= 0.3 is 0 Å². The molecule has 9 rings (SSSR count). The third kappa shape index (κ3) is 4.51. The second-order valence-corrected chi connectivity index (χ2v) is 11.6. The lowest BCUT2D eigenvalue weighted by atomic mass is 9.93. The van der Waals surface area contributed by atoms with E-state index < -0.39 is 0 Å². The predicted molar refractivity (Wildman–Crippen MR) is 189 cm³/mol. The van der Waals surface area contributed by atoms with Crippen LogP contribution in [0.5, 0.6) is 0 Å². The van der Waals surface area contributed by atoms with Crippen LogP contribution < -0.4 is 0 Å². The Balaban J connectivity index is 1.30. The number of rotatable bonds is 4. The van der Waals surface area contributed by atoms with E-state index in [0.29, 0.717) is 23.0 Å². The molecule has 0 aliphatic rings. The second kappa shape index (κ2) is 10.8. The fourth-order valence-electron chi connectivity index (χ4n) is 6.45. The van der Waals surface area contributed by atoms with E-state index in [9.17, 15) is 5.26 Å². The van der Waals surface area contributed by atoms with Crippen molar-refractivity contribution in [3.05, 3.63) is 151 Å². The van der Waals surface area contributed by atoms with Gasteiger partial charge in [-0.15, -0.1) is 0 Å². The molecule has 7 aromatic carbocycles. The Morgan fingerprint density at radius 2 is 0.957 bits per heavy atom. The molecule has 0 spiro atoms. The van der Waals surface area contributed by atoms with Crippen molar-refractivity contribution < 1.29 is 4.42 Å². The van der Waals surface area contributed by atoms with Crippen LogP contribution in [0.15, 0.2) is 150 Å². The van der Waals surface area contributed by atoms with Gasteiger partial charge in [-0.05, 0) is 57.6 Å². The molecule has 0 fully saturated rings. The summed E-state index contributed by atoms with van der Waals surface area (Å²) in [6.07, 6.45) is 0. The Labute approximate surface area is 270 Å². The molecule has 0 unspecified atom stereocenters. The minimum Gasteiger partial charge on any atom is -0.455 e. The van der Waals surface area contributed by atoms with Crippen LogP contribution in [0.2, 0.25) is 0 Å². The number of aromatic nitrogens is 3. The number of furan rings is 1. The summed E-state index contributed by atoms with van der Waals surface area (Å²) in [6.45, 7) is 0. The fourth-order valence-corrected chi connectivity index (χ4v) is 6.45. The number of benzene rings is 7. The van der Waals surface area contributed by atoms with Crippen LogP contribution in [-0.2, 0) is 0 Å². The molecule has 9 aromatic rings. The molecule has 0 aliphatic carbocycles. The molecule has 0 saturated carbocycles. The fraction of sp³-hybridized carbons (Fsp3) is 0. The zero-order valence-electron chi connectivity index (χ0n) is 25.1. The van der Waals surface area contributed by atoms with Crippen LogP contribution in [0.1, 0.15) is 5.56 Å². The van der Waals surface area contributed by atoms with Crippen molar-refractivity contribution in [3.8, 4) is 51.4 Å².